The zero-order valence-electron chi connectivity index (χ0n) is 15.5. The fourth-order valence-electron chi connectivity index (χ4n) is 3.13. The SMILES string of the molecule is Cc1cc(Oc2ccc(C#N)cc2)ccc1NC(=O)N1CCCC(C(=O)O)C1. The van der Waals surface area contributed by atoms with Crippen molar-refractivity contribution in [2.75, 3.05) is 18.4 Å². The molecule has 1 fully saturated rings. The van der Waals surface area contributed by atoms with Crippen molar-refractivity contribution >= 4 is 17.7 Å². The molecular formula is C21H21N3O4. The van der Waals surface area contributed by atoms with Crippen LogP contribution in [-0.2, 0) is 4.79 Å². The van der Waals surface area contributed by atoms with Crippen molar-refractivity contribution in [3.8, 4) is 17.6 Å². The summed E-state index contributed by atoms with van der Waals surface area (Å²) in [5.74, 6) is -0.144. The molecule has 0 radical (unpaired) electrons. The topological polar surface area (TPSA) is 103 Å². The quantitative estimate of drug-likeness (QED) is 0.836. The highest BCUT2D eigenvalue weighted by Gasteiger charge is 2.28. The Labute approximate surface area is 163 Å². The van der Waals surface area contributed by atoms with Gasteiger partial charge in [0.05, 0.1) is 17.6 Å². The molecule has 0 spiro atoms. The lowest BCUT2D eigenvalue weighted by Gasteiger charge is -2.30. The number of piperidine rings is 1. The van der Waals surface area contributed by atoms with Gasteiger partial charge in [0, 0.05) is 18.8 Å². The van der Waals surface area contributed by atoms with Crippen molar-refractivity contribution in [1.82, 2.24) is 4.90 Å². The Morgan fingerprint density at radius 3 is 2.57 bits per heavy atom. The van der Waals surface area contributed by atoms with E-state index in [1.807, 2.05) is 13.0 Å². The zero-order valence-corrected chi connectivity index (χ0v) is 15.5. The van der Waals surface area contributed by atoms with Crippen LogP contribution in [0.1, 0.15) is 24.0 Å². The van der Waals surface area contributed by atoms with E-state index in [1.54, 1.807) is 41.3 Å². The van der Waals surface area contributed by atoms with Gasteiger partial charge in [0.15, 0.2) is 0 Å². The van der Waals surface area contributed by atoms with Crippen molar-refractivity contribution in [3.05, 3.63) is 53.6 Å². The summed E-state index contributed by atoms with van der Waals surface area (Å²) < 4.78 is 5.78. The van der Waals surface area contributed by atoms with Crippen molar-refractivity contribution in [1.29, 1.82) is 5.26 Å². The third-order valence-corrected chi connectivity index (χ3v) is 4.72. The minimum absolute atomic E-state index is 0.222. The van der Waals surface area contributed by atoms with Gasteiger partial charge in [-0.3, -0.25) is 4.79 Å². The molecule has 7 heteroatoms. The van der Waals surface area contributed by atoms with E-state index in [9.17, 15) is 9.59 Å². The van der Waals surface area contributed by atoms with Gasteiger partial charge < -0.3 is 20.1 Å². The van der Waals surface area contributed by atoms with Crippen LogP contribution in [0, 0.1) is 24.2 Å². The molecule has 0 aromatic heterocycles. The summed E-state index contributed by atoms with van der Waals surface area (Å²) in [4.78, 5) is 25.2. The van der Waals surface area contributed by atoms with Crippen LogP contribution in [-0.4, -0.2) is 35.1 Å². The van der Waals surface area contributed by atoms with Gasteiger partial charge in [-0.15, -0.1) is 0 Å². The smallest absolute Gasteiger partial charge is 0.321 e. The number of nitrogens with one attached hydrogen (secondary N) is 1. The maximum absolute atomic E-state index is 12.5. The van der Waals surface area contributed by atoms with Crippen LogP contribution in [0.15, 0.2) is 42.5 Å². The minimum atomic E-state index is -0.863. The summed E-state index contributed by atoms with van der Waals surface area (Å²) >= 11 is 0. The zero-order chi connectivity index (χ0) is 20.1. The molecule has 28 heavy (non-hydrogen) atoms. The molecule has 0 aliphatic carbocycles. The molecule has 1 unspecified atom stereocenters. The Morgan fingerprint density at radius 2 is 1.93 bits per heavy atom. The fraction of sp³-hybridized carbons (Fsp3) is 0.286. The first-order valence-electron chi connectivity index (χ1n) is 9.03. The van der Waals surface area contributed by atoms with Gasteiger partial charge in [-0.25, -0.2) is 4.79 Å². The molecule has 7 nitrogen and oxygen atoms in total. The third-order valence-electron chi connectivity index (χ3n) is 4.72. The van der Waals surface area contributed by atoms with Crippen LogP contribution in [0.25, 0.3) is 0 Å². The second-order valence-electron chi connectivity index (χ2n) is 6.77. The number of hydrogen-bond acceptors (Lipinski definition) is 4. The number of amides is 2. The second-order valence-corrected chi connectivity index (χ2v) is 6.77. The first-order valence-corrected chi connectivity index (χ1v) is 9.03. The number of likely N-dealkylation sites (tertiary alicyclic amines) is 1. The number of hydrogen-bond donors (Lipinski definition) is 2. The molecule has 1 aliphatic heterocycles. The van der Waals surface area contributed by atoms with Crippen LogP contribution >= 0.6 is 0 Å². The number of carboxylic acid groups (broad SMARTS) is 1. The second kappa shape index (κ2) is 8.44. The van der Waals surface area contributed by atoms with E-state index in [-0.39, 0.29) is 12.6 Å². The predicted molar refractivity (Wildman–Crippen MR) is 103 cm³/mol. The van der Waals surface area contributed by atoms with Gasteiger partial charge >= 0.3 is 12.0 Å². The number of carboxylic acids is 1. The number of nitrogens with zero attached hydrogens (tertiary/aromatic N) is 2. The molecule has 3 rings (SSSR count). The molecular weight excluding hydrogens is 358 g/mol. The van der Waals surface area contributed by atoms with Gasteiger partial charge in [-0.2, -0.15) is 5.26 Å². The van der Waals surface area contributed by atoms with Crippen LogP contribution in [0.3, 0.4) is 0 Å². The van der Waals surface area contributed by atoms with Gasteiger partial charge in [-0.1, -0.05) is 0 Å². The summed E-state index contributed by atoms with van der Waals surface area (Å²) in [5.41, 5.74) is 2.03. The van der Waals surface area contributed by atoms with Crippen LogP contribution in [0.2, 0.25) is 0 Å². The molecule has 1 aliphatic rings. The molecule has 2 N–H and O–H groups in total. The molecule has 0 saturated carbocycles. The van der Waals surface area contributed by atoms with E-state index in [0.29, 0.717) is 42.1 Å². The molecule has 2 aromatic rings. The monoisotopic (exact) mass is 379 g/mol. The highest BCUT2D eigenvalue weighted by Crippen LogP contribution is 2.27. The van der Waals surface area contributed by atoms with E-state index in [2.05, 4.69) is 11.4 Å². The van der Waals surface area contributed by atoms with Crippen LogP contribution < -0.4 is 10.1 Å². The van der Waals surface area contributed by atoms with E-state index < -0.39 is 11.9 Å². The standard InChI is InChI=1S/C21H21N3O4/c1-14-11-18(28-17-6-4-15(12-22)5-7-17)8-9-19(14)23-21(27)24-10-2-3-16(13-24)20(25)26/h4-9,11,16H,2-3,10,13H2,1H3,(H,23,27)(H,25,26). The van der Waals surface area contributed by atoms with Crippen LogP contribution in [0.4, 0.5) is 10.5 Å². The molecule has 1 atom stereocenters. The summed E-state index contributed by atoms with van der Waals surface area (Å²) in [6.45, 7) is 2.63. The maximum Gasteiger partial charge on any atom is 0.321 e. The lowest BCUT2D eigenvalue weighted by molar-refractivity contribution is -0.143. The molecule has 144 valence electrons. The number of rotatable bonds is 4. The predicted octanol–water partition coefficient (Wildman–Crippen LogP) is 3.99. The molecule has 1 saturated heterocycles. The molecule has 0 bridgehead atoms. The number of aliphatic carboxylic acids is 1. The Hall–Kier alpha value is -3.53. The van der Waals surface area contributed by atoms with Crippen molar-refractivity contribution in [2.24, 2.45) is 5.92 Å². The Balaban J connectivity index is 1.64. The van der Waals surface area contributed by atoms with Crippen molar-refractivity contribution in [3.63, 3.8) is 0 Å². The van der Waals surface area contributed by atoms with Gasteiger partial charge in [0.2, 0.25) is 0 Å². The maximum atomic E-state index is 12.5. The summed E-state index contributed by atoms with van der Waals surface area (Å²) in [5, 5.41) is 20.8. The molecule has 2 amide bonds. The third kappa shape index (κ3) is 4.60. The van der Waals surface area contributed by atoms with Crippen molar-refractivity contribution in [2.45, 2.75) is 19.8 Å². The summed E-state index contributed by atoms with van der Waals surface area (Å²) in [6, 6.07) is 13.9. The lowest BCUT2D eigenvalue weighted by atomic mass is 9.99. The van der Waals surface area contributed by atoms with E-state index in [1.165, 1.54) is 0 Å². The van der Waals surface area contributed by atoms with E-state index in [4.69, 9.17) is 15.1 Å². The first kappa shape index (κ1) is 19.2. The largest absolute Gasteiger partial charge is 0.481 e. The first-order chi connectivity index (χ1) is 13.5. The Bertz CT molecular complexity index is 918. The molecule has 2 aromatic carbocycles. The summed E-state index contributed by atoms with van der Waals surface area (Å²) in [6.07, 6.45) is 1.28. The van der Waals surface area contributed by atoms with Gasteiger partial charge in [-0.05, 0) is 67.8 Å². The number of carbonyl (C=O) groups excluding carboxylic acids is 1. The Morgan fingerprint density at radius 1 is 1.21 bits per heavy atom. The number of ether oxygens (including phenoxy) is 1. The van der Waals surface area contributed by atoms with Gasteiger partial charge in [0.25, 0.3) is 0 Å². The summed E-state index contributed by atoms with van der Waals surface area (Å²) in [7, 11) is 0. The number of nitriles is 1. The number of carbonyl (C=O) groups is 2. The highest BCUT2D eigenvalue weighted by molar-refractivity contribution is 5.90. The number of benzene rings is 2. The average molecular weight is 379 g/mol. The minimum Gasteiger partial charge on any atom is -0.481 e. The fourth-order valence-corrected chi connectivity index (χ4v) is 3.13. The van der Waals surface area contributed by atoms with Crippen LogP contribution in [0.5, 0.6) is 11.5 Å². The lowest BCUT2D eigenvalue weighted by Crippen LogP contribution is -2.44. The molecule has 1 heterocycles. The number of aryl methyl sites for hydroxylation is 1. The average Bonchev–Trinajstić information content (AvgIpc) is 2.70. The normalized spacial score (nSPS) is 16.1. The number of anilines is 1. The van der Waals surface area contributed by atoms with Crippen molar-refractivity contribution < 1.29 is 19.4 Å². The van der Waals surface area contributed by atoms with E-state index >= 15 is 0 Å². The Kier molecular flexibility index (Phi) is 5.80. The number of urea groups is 1. The van der Waals surface area contributed by atoms with E-state index in [0.717, 1.165) is 5.56 Å². The van der Waals surface area contributed by atoms with Gasteiger partial charge in [0.1, 0.15) is 11.5 Å². The highest BCUT2D eigenvalue weighted by atomic mass is 16.5.